The number of rotatable bonds is 0. The minimum atomic E-state index is 0. The second-order valence-electron chi connectivity index (χ2n) is 0. The molecule has 6 nitrogen and oxygen atoms in total. The molecule has 0 radical (unpaired) electrons. The molecular weight excluding hydrogens is 352 g/mol. The molecule has 0 atom stereocenters. The van der Waals surface area contributed by atoms with Crippen LogP contribution in [0.5, 0.6) is 0 Å². The first-order valence-electron chi connectivity index (χ1n) is 2.68. The zero-order valence-electron chi connectivity index (χ0n) is 9.09. The van der Waals surface area contributed by atoms with E-state index in [2.05, 4.69) is 0 Å². The van der Waals surface area contributed by atoms with Crippen molar-refractivity contribution in [1.29, 1.82) is 0 Å². The molecule has 90 valence electrons. The fourth-order valence-electron chi connectivity index (χ4n) is 0. The first kappa shape index (κ1) is 50.1. The Morgan fingerprint density at radius 2 is 0.308 bits per heavy atom. The van der Waals surface area contributed by atoms with E-state index in [9.17, 15) is 0 Å². The van der Waals surface area contributed by atoms with E-state index in [1.165, 1.54) is 0 Å². The summed E-state index contributed by atoms with van der Waals surface area (Å²) < 4.78 is 0. The summed E-state index contributed by atoms with van der Waals surface area (Å²) in [4.78, 5) is 0. The fourth-order valence-corrected chi connectivity index (χ4v) is 0. The van der Waals surface area contributed by atoms with E-state index in [1.807, 2.05) is 0 Å². The van der Waals surface area contributed by atoms with Crippen molar-refractivity contribution in [2.75, 3.05) is 42.7 Å². The second-order valence-corrected chi connectivity index (χ2v) is 0. The van der Waals surface area contributed by atoms with E-state index < -0.39 is 0 Å². The summed E-state index contributed by atoms with van der Waals surface area (Å²) >= 11 is 0. The Morgan fingerprint density at radius 1 is 0.308 bits per heavy atom. The topological polar surface area (TPSA) is 121 Å². The minimum Gasteiger partial charge on any atom is -0.400 e. The molecule has 0 spiro atoms. The van der Waals surface area contributed by atoms with E-state index in [1.54, 1.807) is 0 Å². The van der Waals surface area contributed by atoms with E-state index in [4.69, 9.17) is 30.6 Å². The van der Waals surface area contributed by atoms with Crippen molar-refractivity contribution in [3.63, 3.8) is 0 Å². The molecule has 0 aliphatic carbocycles. The smallest absolute Gasteiger partial charge is 0.0319 e. The maximum atomic E-state index is 7.00. The average Bonchev–Trinajstić information content (AvgIpc) is 2.33. The van der Waals surface area contributed by atoms with Crippen LogP contribution in [0.1, 0.15) is 0 Å². The van der Waals surface area contributed by atoms with Crippen LogP contribution in [0.4, 0.5) is 0 Å². The second kappa shape index (κ2) is 8120. The third-order valence-electron chi connectivity index (χ3n) is 0. The van der Waals surface area contributed by atoms with Crippen LogP contribution in [-0.4, -0.2) is 73.3 Å². The molecule has 0 aromatic rings. The summed E-state index contributed by atoms with van der Waals surface area (Å²) in [7, 11) is 6.00. The summed E-state index contributed by atoms with van der Waals surface area (Å²) in [5.74, 6) is 0. The van der Waals surface area contributed by atoms with Gasteiger partial charge >= 0.3 is 0 Å². The van der Waals surface area contributed by atoms with Crippen molar-refractivity contribution < 1.29 is 51.7 Å². The van der Waals surface area contributed by atoms with Gasteiger partial charge in [0.2, 0.25) is 0 Å². The van der Waals surface area contributed by atoms with Crippen molar-refractivity contribution in [3.8, 4) is 0 Å². The summed E-state index contributed by atoms with van der Waals surface area (Å²) in [6.45, 7) is 0. The Kier molecular flexibility index (Phi) is 31300. The molecule has 0 rings (SSSR count). The maximum Gasteiger partial charge on any atom is 0.0319 e. The quantitative estimate of drug-likeness (QED) is 0.282. The fraction of sp³-hybridized carbons (Fsp3) is 1.00. The summed E-state index contributed by atoms with van der Waals surface area (Å²) in [5.41, 5.74) is 0. The molecule has 0 aromatic heterocycles. The van der Waals surface area contributed by atoms with Crippen molar-refractivity contribution in [3.05, 3.63) is 0 Å². The molecule has 13 heavy (non-hydrogen) atoms. The van der Waals surface area contributed by atoms with Gasteiger partial charge < -0.3 is 30.6 Å². The van der Waals surface area contributed by atoms with Crippen molar-refractivity contribution in [2.45, 2.75) is 0 Å². The molecule has 7 heteroatoms. The maximum absolute atomic E-state index is 7.00. The number of hydrogen-bond donors (Lipinski definition) is 6. The molecule has 0 aromatic carbocycles. The summed E-state index contributed by atoms with van der Waals surface area (Å²) in [5, 5.41) is 42.0. The standard InChI is InChI=1S/6CH4O.W/c6*1-2;/h6*2H,1H3;. The Morgan fingerprint density at radius 3 is 0.308 bits per heavy atom. The molecule has 0 amide bonds. The number of aliphatic hydroxyl groups is 6. The molecule has 0 fully saturated rings. The van der Waals surface area contributed by atoms with Gasteiger partial charge in [0.25, 0.3) is 0 Å². The van der Waals surface area contributed by atoms with Crippen LogP contribution in [0.3, 0.4) is 0 Å². The molecule has 0 aliphatic rings. The van der Waals surface area contributed by atoms with Gasteiger partial charge in [-0.1, -0.05) is 0 Å². The molecule has 0 saturated carbocycles. The molecule has 0 unspecified atom stereocenters. The summed E-state index contributed by atoms with van der Waals surface area (Å²) in [6.07, 6.45) is 0. The first-order chi connectivity index (χ1) is 6.00. The third kappa shape index (κ3) is 6760. The van der Waals surface area contributed by atoms with Crippen LogP contribution in [0.2, 0.25) is 0 Å². The van der Waals surface area contributed by atoms with Gasteiger partial charge in [-0.25, -0.2) is 0 Å². The number of aliphatic hydroxyl groups excluding tert-OH is 6. The van der Waals surface area contributed by atoms with Gasteiger partial charge in [0, 0.05) is 63.7 Å². The van der Waals surface area contributed by atoms with Crippen molar-refractivity contribution in [2.24, 2.45) is 0 Å². The zero-order chi connectivity index (χ0) is 12.0. The zero-order valence-corrected chi connectivity index (χ0v) is 12.0. The summed E-state index contributed by atoms with van der Waals surface area (Å²) in [6, 6.07) is 0. The normalized spacial score (nSPS) is 2.77. The van der Waals surface area contributed by atoms with Crippen LogP contribution < -0.4 is 0 Å². The van der Waals surface area contributed by atoms with Crippen LogP contribution in [-0.2, 0) is 21.1 Å². The Hall–Kier alpha value is 0.448. The van der Waals surface area contributed by atoms with E-state index in [0.717, 1.165) is 42.7 Å². The average molecular weight is 376 g/mol. The SMILES string of the molecule is CO.CO.CO.CO.CO.CO.[W]. The monoisotopic (exact) mass is 376 g/mol. The van der Waals surface area contributed by atoms with Crippen LogP contribution >= 0.6 is 0 Å². The van der Waals surface area contributed by atoms with Crippen molar-refractivity contribution in [1.82, 2.24) is 0 Å². The van der Waals surface area contributed by atoms with E-state index in [0.29, 0.717) is 0 Å². The van der Waals surface area contributed by atoms with Gasteiger partial charge in [-0.3, -0.25) is 0 Å². The molecular formula is C6H24O6W. The largest absolute Gasteiger partial charge is 0.400 e. The Bertz CT molecular complexity index is 17.1. The Balaban J connectivity index is -0.00000000655. The molecule has 0 bridgehead atoms. The van der Waals surface area contributed by atoms with Crippen LogP contribution in [0, 0.1) is 0 Å². The molecule has 0 aliphatic heterocycles. The minimum absolute atomic E-state index is 0. The Labute approximate surface area is 94.7 Å². The van der Waals surface area contributed by atoms with Crippen LogP contribution in [0.25, 0.3) is 0 Å². The van der Waals surface area contributed by atoms with Crippen molar-refractivity contribution >= 4 is 0 Å². The van der Waals surface area contributed by atoms with E-state index in [-0.39, 0.29) is 21.1 Å². The molecule has 6 N–H and O–H groups in total. The first-order valence-corrected chi connectivity index (χ1v) is 2.68. The molecule has 0 heterocycles. The van der Waals surface area contributed by atoms with E-state index >= 15 is 0 Å². The number of hydrogen-bond acceptors (Lipinski definition) is 6. The van der Waals surface area contributed by atoms with Gasteiger partial charge in [0.05, 0.1) is 0 Å². The van der Waals surface area contributed by atoms with Gasteiger partial charge in [-0.05, 0) is 0 Å². The molecule has 0 saturated heterocycles. The predicted molar refractivity (Wildman–Crippen MR) is 48.9 cm³/mol. The van der Waals surface area contributed by atoms with Gasteiger partial charge in [0.1, 0.15) is 0 Å². The van der Waals surface area contributed by atoms with Gasteiger partial charge in [-0.15, -0.1) is 0 Å². The predicted octanol–water partition coefficient (Wildman–Crippen LogP) is -2.35. The van der Waals surface area contributed by atoms with Crippen LogP contribution in [0.15, 0.2) is 0 Å². The van der Waals surface area contributed by atoms with Gasteiger partial charge in [0.15, 0.2) is 0 Å². The van der Waals surface area contributed by atoms with Gasteiger partial charge in [-0.2, -0.15) is 0 Å². The third-order valence-corrected chi connectivity index (χ3v) is 0.